The summed E-state index contributed by atoms with van der Waals surface area (Å²) in [5.74, 6) is 1.67. The first-order chi connectivity index (χ1) is 10.3. The SMILES string of the molecule is CCCc1nc(SCc2nc3ccccc3nc2C)n[nH]1. The van der Waals surface area contributed by atoms with Gasteiger partial charge in [0.25, 0.3) is 0 Å². The average molecular weight is 299 g/mol. The van der Waals surface area contributed by atoms with Gasteiger partial charge in [-0.2, -0.15) is 0 Å². The molecule has 0 bridgehead atoms. The highest BCUT2D eigenvalue weighted by molar-refractivity contribution is 7.98. The Labute approximate surface area is 127 Å². The van der Waals surface area contributed by atoms with Crippen molar-refractivity contribution in [2.75, 3.05) is 0 Å². The third-order valence-corrected chi connectivity index (χ3v) is 4.04. The van der Waals surface area contributed by atoms with E-state index in [1.165, 1.54) is 0 Å². The van der Waals surface area contributed by atoms with Crippen LogP contribution in [0.3, 0.4) is 0 Å². The minimum Gasteiger partial charge on any atom is -0.262 e. The summed E-state index contributed by atoms with van der Waals surface area (Å²) in [5, 5.41) is 7.96. The Morgan fingerprint density at radius 1 is 1.10 bits per heavy atom. The second-order valence-corrected chi connectivity index (χ2v) is 5.79. The van der Waals surface area contributed by atoms with Crippen molar-refractivity contribution in [3.05, 3.63) is 41.5 Å². The van der Waals surface area contributed by atoms with Crippen LogP contribution in [-0.4, -0.2) is 25.1 Å². The highest BCUT2D eigenvalue weighted by Crippen LogP contribution is 2.21. The van der Waals surface area contributed by atoms with Gasteiger partial charge in [-0.05, 0) is 25.5 Å². The molecule has 1 N–H and O–H groups in total. The summed E-state index contributed by atoms with van der Waals surface area (Å²) >= 11 is 1.59. The number of aromatic nitrogens is 5. The van der Waals surface area contributed by atoms with Gasteiger partial charge in [0.05, 0.1) is 22.4 Å². The van der Waals surface area contributed by atoms with Crippen molar-refractivity contribution < 1.29 is 0 Å². The Balaban J connectivity index is 1.76. The Bertz CT molecular complexity index is 753. The lowest BCUT2D eigenvalue weighted by molar-refractivity contribution is 0.840. The Morgan fingerprint density at radius 3 is 2.62 bits per heavy atom. The van der Waals surface area contributed by atoms with Crippen LogP contribution in [0.5, 0.6) is 0 Å². The molecule has 21 heavy (non-hydrogen) atoms. The summed E-state index contributed by atoms with van der Waals surface area (Å²) in [4.78, 5) is 13.7. The summed E-state index contributed by atoms with van der Waals surface area (Å²) < 4.78 is 0. The van der Waals surface area contributed by atoms with Crippen LogP contribution in [0.25, 0.3) is 11.0 Å². The zero-order chi connectivity index (χ0) is 14.7. The minimum atomic E-state index is 0.729. The minimum absolute atomic E-state index is 0.729. The predicted octanol–water partition coefficient (Wildman–Crippen LogP) is 3.30. The van der Waals surface area contributed by atoms with E-state index in [1.807, 2.05) is 31.2 Å². The molecule has 6 heteroatoms. The second-order valence-electron chi connectivity index (χ2n) is 4.85. The zero-order valence-corrected chi connectivity index (χ0v) is 12.9. The second kappa shape index (κ2) is 6.22. The molecule has 0 fully saturated rings. The van der Waals surface area contributed by atoms with Gasteiger partial charge in [0.15, 0.2) is 0 Å². The lowest BCUT2D eigenvalue weighted by atomic mass is 10.2. The van der Waals surface area contributed by atoms with Crippen LogP contribution in [-0.2, 0) is 12.2 Å². The average Bonchev–Trinajstić information content (AvgIpc) is 2.93. The molecule has 3 aromatic rings. The number of hydrogen-bond acceptors (Lipinski definition) is 5. The number of fused-ring (bicyclic) bond motifs is 1. The van der Waals surface area contributed by atoms with Gasteiger partial charge >= 0.3 is 0 Å². The lowest BCUT2D eigenvalue weighted by Crippen LogP contribution is -1.97. The molecule has 2 aromatic heterocycles. The molecule has 0 aliphatic carbocycles. The largest absolute Gasteiger partial charge is 0.262 e. The topological polar surface area (TPSA) is 67.3 Å². The maximum Gasteiger partial charge on any atom is 0.208 e. The fraction of sp³-hybridized carbons (Fsp3) is 0.333. The van der Waals surface area contributed by atoms with Crippen molar-refractivity contribution in [1.82, 2.24) is 25.1 Å². The Morgan fingerprint density at radius 2 is 1.86 bits per heavy atom. The van der Waals surface area contributed by atoms with Crippen LogP contribution in [0.1, 0.15) is 30.6 Å². The molecular formula is C15H17N5S. The number of nitrogens with zero attached hydrogens (tertiary/aromatic N) is 4. The van der Waals surface area contributed by atoms with Crippen LogP contribution in [0.2, 0.25) is 0 Å². The molecule has 1 aromatic carbocycles. The van der Waals surface area contributed by atoms with E-state index in [4.69, 9.17) is 0 Å². The third-order valence-electron chi connectivity index (χ3n) is 3.18. The fourth-order valence-electron chi connectivity index (χ4n) is 2.09. The molecular weight excluding hydrogens is 282 g/mol. The van der Waals surface area contributed by atoms with Gasteiger partial charge in [0, 0.05) is 12.2 Å². The molecule has 2 heterocycles. The van der Waals surface area contributed by atoms with E-state index in [1.54, 1.807) is 11.8 Å². The van der Waals surface area contributed by atoms with Gasteiger partial charge in [-0.3, -0.25) is 5.10 Å². The van der Waals surface area contributed by atoms with Gasteiger partial charge in [-0.15, -0.1) is 5.10 Å². The normalized spacial score (nSPS) is 11.1. The standard InChI is InChI=1S/C15H17N5S/c1-3-6-14-18-15(20-19-14)21-9-13-10(2)16-11-7-4-5-8-12(11)17-13/h4-5,7-8H,3,6,9H2,1-2H3,(H,18,19,20). The predicted molar refractivity (Wildman–Crippen MR) is 84.2 cm³/mol. The quantitative estimate of drug-likeness (QED) is 0.732. The van der Waals surface area contributed by atoms with E-state index in [2.05, 4.69) is 32.1 Å². The Hall–Kier alpha value is -1.95. The monoisotopic (exact) mass is 299 g/mol. The summed E-state index contributed by atoms with van der Waals surface area (Å²) in [6.45, 7) is 4.12. The lowest BCUT2D eigenvalue weighted by Gasteiger charge is -2.04. The van der Waals surface area contributed by atoms with Crippen LogP contribution >= 0.6 is 11.8 Å². The molecule has 0 aliphatic rings. The number of H-pyrrole nitrogens is 1. The van der Waals surface area contributed by atoms with Gasteiger partial charge in [0.1, 0.15) is 5.82 Å². The molecule has 0 radical (unpaired) electrons. The maximum absolute atomic E-state index is 4.68. The zero-order valence-electron chi connectivity index (χ0n) is 12.1. The van der Waals surface area contributed by atoms with Crippen molar-refractivity contribution in [2.45, 2.75) is 37.6 Å². The van der Waals surface area contributed by atoms with E-state index in [0.29, 0.717) is 0 Å². The molecule has 0 spiro atoms. The number of nitrogens with one attached hydrogen (secondary N) is 1. The summed E-state index contributed by atoms with van der Waals surface area (Å²) in [5.41, 5.74) is 3.82. The summed E-state index contributed by atoms with van der Waals surface area (Å²) in [7, 11) is 0. The molecule has 108 valence electrons. The third kappa shape index (κ3) is 3.21. The van der Waals surface area contributed by atoms with Crippen molar-refractivity contribution >= 4 is 22.8 Å². The van der Waals surface area contributed by atoms with E-state index < -0.39 is 0 Å². The van der Waals surface area contributed by atoms with Gasteiger partial charge in [-0.1, -0.05) is 30.8 Å². The number of rotatable bonds is 5. The maximum atomic E-state index is 4.68. The Kier molecular flexibility index (Phi) is 4.15. The molecule has 0 saturated carbocycles. The number of thioether (sulfide) groups is 1. The van der Waals surface area contributed by atoms with Gasteiger partial charge < -0.3 is 0 Å². The summed E-state index contributed by atoms with van der Waals surface area (Å²) in [6, 6.07) is 7.93. The van der Waals surface area contributed by atoms with Crippen molar-refractivity contribution in [2.24, 2.45) is 0 Å². The molecule has 5 nitrogen and oxygen atoms in total. The van der Waals surface area contributed by atoms with Gasteiger partial charge in [0.2, 0.25) is 5.16 Å². The molecule has 0 atom stereocenters. The number of benzene rings is 1. The van der Waals surface area contributed by atoms with Crippen LogP contribution in [0, 0.1) is 6.92 Å². The number of aryl methyl sites for hydroxylation is 2. The first-order valence-corrected chi connectivity index (χ1v) is 8.01. The van der Waals surface area contributed by atoms with E-state index >= 15 is 0 Å². The highest BCUT2D eigenvalue weighted by atomic mass is 32.2. The van der Waals surface area contributed by atoms with Crippen molar-refractivity contribution in [3.63, 3.8) is 0 Å². The van der Waals surface area contributed by atoms with Crippen molar-refractivity contribution in [1.29, 1.82) is 0 Å². The first-order valence-electron chi connectivity index (χ1n) is 7.02. The van der Waals surface area contributed by atoms with E-state index in [0.717, 1.165) is 52.0 Å². The van der Waals surface area contributed by atoms with Crippen LogP contribution in [0.15, 0.2) is 29.4 Å². The van der Waals surface area contributed by atoms with Crippen LogP contribution in [0.4, 0.5) is 0 Å². The number of para-hydroxylation sites is 2. The molecule has 0 saturated heterocycles. The van der Waals surface area contributed by atoms with Gasteiger partial charge in [-0.25, -0.2) is 15.0 Å². The number of hydrogen-bond donors (Lipinski definition) is 1. The first kappa shape index (κ1) is 14.0. The smallest absolute Gasteiger partial charge is 0.208 e. The molecule has 0 unspecified atom stereocenters. The van der Waals surface area contributed by atoms with Crippen LogP contribution < -0.4 is 0 Å². The molecule has 0 amide bonds. The number of aromatic amines is 1. The molecule has 0 aliphatic heterocycles. The molecule has 3 rings (SSSR count). The van der Waals surface area contributed by atoms with E-state index in [9.17, 15) is 0 Å². The fourth-order valence-corrected chi connectivity index (χ4v) is 2.91. The van der Waals surface area contributed by atoms with E-state index in [-0.39, 0.29) is 0 Å². The van der Waals surface area contributed by atoms with Crippen molar-refractivity contribution in [3.8, 4) is 0 Å². The summed E-state index contributed by atoms with van der Waals surface area (Å²) in [6.07, 6.45) is 2.00. The highest BCUT2D eigenvalue weighted by Gasteiger charge is 2.08.